The van der Waals surface area contributed by atoms with E-state index in [0.717, 1.165) is 16.8 Å². The number of benzene rings is 3. The van der Waals surface area contributed by atoms with Gasteiger partial charge in [0.05, 0.1) is 6.54 Å². The first-order chi connectivity index (χ1) is 11.4. The van der Waals surface area contributed by atoms with E-state index in [1.807, 2.05) is 54.6 Å². The molecule has 112 valence electrons. The summed E-state index contributed by atoms with van der Waals surface area (Å²) in [4.78, 5) is 4.50. The van der Waals surface area contributed by atoms with Gasteiger partial charge in [0.2, 0.25) is 5.89 Å². The highest BCUT2D eigenvalue weighted by atomic mass is 16.3. The van der Waals surface area contributed by atoms with Gasteiger partial charge in [-0.2, -0.15) is 0 Å². The first-order valence-corrected chi connectivity index (χ1v) is 7.63. The van der Waals surface area contributed by atoms with Crippen molar-refractivity contribution in [1.29, 1.82) is 0 Å². The molecular weight excluding hydrogens is 284 g/mol. The molecule has 0 spiro atoms. The fraction of sp³-hybridized carbons (Fsp3) is 0.0500. The molecule has 0 saturated heterocycles. The standard InChI is InChI=1S/C20H16N2O/c1-2-8-15(9-3-1)16-10-4-5-11-17(16)21-14-20-22-18-12-6-7-13-19(18)23-20/h1-13,21H,14H2. The second-order valence-electron chi connectivity index (χ2n) is 5.34. The molecular formula is C20H16N2O. The van der Waals surface area contributed by atoms with Crippen LogP contribution in [0.15, 0.2) is 83.3 Å². The van der Waals surface area contributed by atoms with E-state index in [-0.39, 0.29) is 0 Å². The molecule has 0 saturated carbocycles. The number of rotatable bonds is 4. The predicted octanol–water partition coefficient (Wildman–Crippen LogP) is 5.11. The van der Waals surface area contributed by atoms with Crippen LogP contribution in [0.2, 0.25) is 0 Å². The lowest BCUT2D eigenvalue weighted by molar-refractivity contribution is 0.540. The van der Waals surface area contributed by atoms with Crippen LogP contribution in [0, 0.1) is 0 Å². The van der Waals surface area contributed by atoms with Crippen LogP contribution in [0.4, 0.5) is 5.69 Å². The van der Waals surface area contributed by atoms with Crippen LogP contribution in [0.5, 0.6) is 0 Å². The number of nitrogens with one attached hydrogen (secondary N) is 1. The SMILES string of the molecule is c1ccc(-c2ccccc2NCc2nc3ccccc3o2)cc1. The first kappa shape index (κ1) is 13.6. The summed E-state index contributed by atoms with van der Waals surface area (Å²) in [5.74, 6) is 0.689. The average Bonchev–Trinajstić information content (AvgIpc) is 3.04. The molecule has 1 aromatic heterocycles. The summed E-state index contributed by atoms with van der Waals surface area (Å²) in [7, 11) is 0. The molecule has 0 aliphatic carbocycles. The predicted molar refractivity (Wildman–Crippen MR) is 93.2 cm³/mol. The lowest BCUT2D eigenvalue weighted by Crippen LogP contribution is -2.01. The Balaban J connectivity index is 1.60. The number of aromatic nitrogens is 1. The van der Waals surface area contributed by atoms with E-state index in [9.17, 15) is 0 Å². The largest absolute Gasteiger partial charge is 0.439 e. The van der Waals surface area contributed by atoms with Crippen molar-refractivity contribution in [2.75, 3.05) is 5.32 Å². The van der Waals surface area contributed by atoms with Crippen molar-refractivity contribution in [1.82, 2.24) is 4.98 Å². The van der Waals surface area contributed by atoms with Gasteiger partial charge in [-0.05, 0) is 23.8 Å². The smallest absolute Gasteiger partial charge is 0.214 e. The minimum absolute atomic E-state index is 0.554. The highest BCUT2D eigenvalue weighted by Crippen LogP contribution is 2.28. The number of hydrogen-bond acceptors (Lipinski definition) is 3. The van der Waals surface area contributed by atoms with Crippen LogP contribution in [-0.2, 0) is 6.54 Å². The highest BCUT2D eigenvalue weighted by Gasteiger charge is 2.07. The number of hydrogen-bond donors (Lipinski definition) is 1. The second kappa shape index (κ2) is 5.97. The molecule has 0 aliphatic heterocycles. The summed E-state index contributed by atoms with van der Waals surface area (Å²) in [5.41, 5.74) is 5.14. The molecule has 4 aromatic rings. The summed E-state index contributed by atoms with van der Waals surface area (Å²) in [6, 6.07) is 26.4. The van der Waals surface area contributed by atoms with E-state index in [2.05, 4.69) is 34.6 Å². The van der Waals surface area contributed by atoms with Crippen LogP contribution < -0.4 is 5.32 Å². The molecule has 3 nitrogen and oxygen atoms in total. The monoisotopic (exact) mass is 300 g/mol. The fourth-order valence-corrected chi connectivity index (χ4v) is 2.67. The van der Waals surface area contributed by atoms with Gasteiger partial charge < -0.3 is 9.73 Å². The van der Waals surface area contributed by atoms with E-state index in [1.165, 1.54) is 11.1 Å². The highest BCUT2D eigenvalue weighted by molar-refractivity contribution is 5.77. The zero-order valence-corrected chi connectivity index (χ0v) is 12.6. The lowest BCUT2D eigenvalue weighted by atomic mass is 10.0. The molecule has 3 aromatic carbocycles. The Hall–Kier alpha value is -3.07. The third-order valence-corrected chi connectivity index (χ3v) is 3.78. The first-order valence-electron chi connectivity index (χ1n) is 7.63. The number of para-hydroxylation sites is 3. The van der Waals surface area contributed by atoms with Gasteiger partial charge in [-0.3, -0.25) is 0 Å². The molecule has 3 heteroatoms. The van der Waals surface area contributed by atoms with E-state index >= 15 is 0 Å². The van der Waals surface area contributed by atoms with Crippen molar-refractivity contribution in [2.24, 2.45) is 0 Å². The molecule has 1 heterocycles. The van der Waals surface area contributed by atoms with E-state index in [4.69, 9.17) is 4.42 Å². The number of fused-ring (bicyclic) bond motifs is 1. The summed E-state index contributed by atoms with van der Waals surface area (Å²) in [6.45, 7) is 0.554. The topological polar surface area (TPSA) is 38.1 Å². The summed E-state index contributed by atoms with van der Waals surface area (Å²) >= 11 is 0. The van der Waals surface area contributed by atoms with Crippen molar-refractivity contribution in [3.63, 3.8) is 0 Å². The van der Waals surface area contributed by atoms with Crippen molar-refractivity contribution in [2.45, 2.75) is 6.54 Å². The Bertz CT molecular complexity index is 895. The maximum absolute atomic E-state index is 5.76. The minimum Gasteiger partial charge on any atom is -0.439 e. The van der Waals surface area contributed by atoms with Crippen LogP contribution in [0.1, 0.15) is 5.89 Å². The van der Waals surface area contributed by atoms with Gasteiger partial charge in [0.15, 0.2) is 5.58 Å². The summed E-state index contributed by atoms with van der Waals surface area (Å²) < 4.78 is 5.76. The third kappa shape index (κ3) is 2.81. The maximum atomic E-state index is 5.76. The Kier molecular flexibility index (Phi) is 3.53. The Morgan fingerprint density at radius 3 is 2.39 bits per heavy atom. The molecule has 0 radical (unpaired) electrons. The van der Waals surface area contributed by atoms with Gasteiger partial charge >= 0.3 is 0 Å². The van der Waals surface area contributed by atoms with E-state index in [1.54, 1.807) is 0 Å². The normalized spacial score (nSPS) is 10.8. The zero-order valence-electron chi connectivity index (χ0n) is 12.6. The quantitative estimate of drug-likeness (QED) is 0.569. The van der Waals surface area contributed by atoms with E-state index in [0.29, 0.717) is 12.4 Å². The Morgan fingerprint density at radius 2 is 1.52 bits per heavy atom. The van der Waals surface area contributed by atoms with Crippen LogP contribution in [-0.4, -0.2) is 4.98 Å². The Labute approximate surface area is 134 Å². The van der Waals surface area contributed by atoms with Crippen LogP contribution >= 0.6 is 0 Å². The summed E-state index contributed by atoms with van der Waals surface area (Å²) in [5, 5.41) is 3.43. The molecule has 23 heavy (non-hydrogen) atoms. The third-order valence-electron chi connectivity index (χ3n) is 3.78. The van der Waals surface area contributed by atoms with Gasteiger partial charge in [-0.1, -0.05) is 60.7 Å². The molecule has 0 unspecified atom stereocenters. The number of oxazole rings is 1. The molecule has 0 fully saturated rings. The minimum atomic E-state index is 0.554. The van der Waals surface area contributed by atoms with Crippen molar-refractivity contribution in [3.8, 4) is 11.1 Å². The van der Waals surface area contributed by atoms with Crippen molar-refractivity contribution >= 4 is 16.8 Å². The van der Waals surface area contributed by atoms with Crippen LogP contribution in [0.3, 0.4) is 0 Å². The zero-order chi connectivity index (χ0) is 15.5. The Morgan fingerprint density at radius 1 is 0.783 bits per heavy atom. The molecule has 0 bridgehead atoms. The van der Waals surface area contributed by atoms with Crippen molar-refractivity contribution < 1.29 is 4.42 Å². The average molecular weight is 300 g/mol. The number of nitrogens with zero attached hydrogens (tertiary/aromatic N) is 1. The molecule has 1 N–H and O–H groups in total. The molecule has 0 amide bonds. The second-order valence-corrected chi connectivity index (χ2v) is 5.34. The van der Waals surface area contributed by atoms with Gasteiger partial charge in [0.25, 0.3) is 0 Å². The van der Waals surface area contributed by atoms with E-state index < -0.39 is 0 Å². The van der Waals surface area contributed by atoms with Gasteiger partial charge in [0, 0.05) is 11.3 Å². The maximum Gasteiger partial charge on any atom is 0.214 e. The lowest BCUT2D eigenvalue weighted by Gasteiger charge is -2.10. The fourth-order valence-electron chi connectivity index (χ4n) is 2.67. The van der Waals surface area contributed by atoms with Crippen LogP contribution in [0.25, 0.3) is 22.2 Å². The van der Waals surface area contributed by atoms with Gasteiger partial charge in [-0.15, -0.1) is 0 Å². The van der Waals surface area contributed by atoms with Crippen molar-refractivity contribution in [3.05, 3.63) is 84.8 Å². The molecule has 0 aliphatic rings. The molecule has 0 atom stereocenters. The summed E-state index contributed by atoms with van der Waals surface area (Å²) in [6.07, 6.45) is 0. The molecule has 4 rings (SSSR count). The number of anilines is 1. The van der Waals surface area contributed by atoms with Gasteiger partial charge in [-0.25, -0.2) is 4.98 Å². The van der Waals surface area contributed by atoms with Gasteiger partial charge in [0.1, 0.15) is 5.52 Å².